The van der Waals surface area contributed by atoms with Crippen LogP contribution in [-0.4, -0.2) is 6.54 Å². The zero-order valence-electron chi connectivity index (χ0n) is 11.0. The Morgan fingerprint density at radius 2 is 1.84 bits per heavy atom. The average Bonchev–Trinajstić information content (AvgIpc) is 2.47. The number of rotatable bonds is 1. The first kappa shape index (κ1) is 11.8. The predicted octanol–water partition coefficient (Wildman–Crippen LogP) is 3.62. The molecule has 0 fully saturated rings. The highest BCUT2D eigenvalue weighted by molar-refractivity contribution is 5.54. The molecule has 0 spiro atoms. The normalized spacial score (nSPS) is 17.7. The molecule has 0 saturated heterocycles. The topological polar surface area (TPSA) is 27.0 Å². The van der Waals surface area contributed by atoms with E-state index >= 15 is 0 Å². The largest absolute Gasteiger partial charge is 0.352 e. The van der Waals surface area contributed by atoms with Crippen LogP contribution in [0, 0.1) is 18.3 Å². The first-order valence-corrected chi connectivity index (χ1v) is 6.60. The summed E-state index contributed by atoms with van der Waals surface area (Å²) >= 11 is 0. The highest BCUT2D eigenvalue weighted by Crippen LogP contribution is 2.33. The Morgan fingerprint density at radius 1 is 1.11 bits per heavy atom. The second-order valence-corrected chi connectivity index (χ2v) is 5.01. The van der Waals surface area contributed by atoms with Gasteiger partial charge in [-0.05, 0) is 36.6 Å². The number of nitrogens with zero attached hydrogens (tertiary/aromatic N) is 2. The molecule has 19 heavy (non-hydrogen) atoms. The number of benzene rings is 2. The minimum absolute atomic E-state index is 0.173. The highest BCUT2D eigenvalue weighted by atomic mass is 15.2. The number of fused-ring (bicyclic) bond motifs is 1. The summed E-state index contributed by atoms with van der Waals surface area (Å²) in [6.07, 6.45) is 1.00. The SMILES string of the molecule is Cc1ccc(N2CCc3ccccc3C2C#N)cc1. The summed E-state index contributed by atoms with van der Waals surface area (Å²) < 4.78 is 0. The zero-order chi connectivity index (χ0) is 13.2. The Morgan fingerprint density at radius 3 is 2.58 bits per heavy atom. The standard InChI is InChI=1S/C17H16N2/c1-13-6-8-15(9-7-13)19-11-10-14-4-2-3-5-16(14)17(19)12-18/h2-9,17H,10-11H2,1H3. The molecule has 1 heterocycles. The van der Waals surface area contributed by atoms with Gasteiger partial charge >= 0.3 is 0 Å². The van der Waals surface area contributed by atoms with Gasteiger partial charge in [0.25, 0.3) is 0 Å². The van der Waals surface area contributed by atoms with E-state index in [9.17, 15) is 5.26 Å². The molecule has 0 bridgehead atoms. The molecule has 2 nitrogen and oxygen atoms in total. The summed E-state index contributed by atoms with van der Waals surface area (Å²) in [5.41, 5.74) is 4.83. The maximum Gasteiger partial charge on any atom is 0.142 e. The predicted molar refractivity (Wildman–Crippen MR) is 77.0 cm³/mol. The van der Waals surface area contributed by atoms with Crippen LogP contribution >= 0.6 is 0 Å². The lowest BCUT2D eigenvalue weighted by atomic mass is 9.93. The number of hydrogen-bond donors (Lipinski definition) is 0. The van der Waals surface area contributed by atoms with E-state index in [2.05, 4.69) is 60.4 Å². The fraction of sp³-hybridized carbons (Fsp3) is 0.235. The molecule has 0 aliphatic carbocycles. The van der Waals surface area contributed by atoms with E-state index in [4.69, 9.17) is 0 Å². The van der Waals surface area contributed by atoms with Gasteiger partial charge in [0.05, 0.1) is 6.07 Å². The lowest BCUT2D eigenvalue weighted by molar-refractivity contribution is 0.676. The lowest BCUT2D eigenvalue weighted by Gasteiger charge is -2.35. The van der Waals surface area contributed by atoms with Gasteiger partial charge < -0.3 is 4.90 Å². The van der Waals surface area contributed by atoms with Gasteiger partial charge in [0, 0.05) is 12.2 Å². The van der Waals surface area contributed by atoms with Crippen molar-refractivity contribution in [3.05, 3.63) is 65.2 Å². The second kappa shape index (κ2) is 4.78. The van der Waals surface area contributed by atoms with Gasteiger partial charge in [-0.15, -0.1) is 0 Å². The lowest BCUT2D eigenvalue weighted by Crippen LogP contribution is -2.34. The van der Waals surface area contributed by atoms with Crippen molar-refractivity contribution in [1.82, 2.24) is 0 Å². The Bertz CT molecular complexity index is 622. The van der Waals surface area contributed by atoms with Crippen molar-refractivity contribution in [2.75, 3.05) is 11.4 Å². The molecule has 3 rings (SSSR count). The van der Waals surface area contributed by atoms with Crippen LogP contribution in [0.15, 0.2) is 48.5 Å². The van der Waals surface area contributed by atoms with E-state index in [-0.39, 0.29) is 6.04 Å². The fourth-order valence-electron chi connectivity index (χ4n) is 2.72. The van der Waals surface area contributed by atoms with E-state index in [1.54, 1.807) is 0 Å². The quantitative estimate of drug-likeness (QED) is 0.770. The van der Waals surface area contributed by atoms with E-state index in [0.29, 0.717) is 0 Å². The zero-order valence-corrected chi connectivity index (χ0v) is 11.0. The first-order valence-electron chi connectivity index (χ1n) is 6.60. The van der Waals surface area contributed by atoms with Gasteiger partial charge in [0.1, 0.15) is 6.04 Å². The number of aryl methyl sites for hydroxylation is 1. The van der Waals surface area contributed by atoms with Crippen LogP contribution in [0.2, 0.25) is 0 Å². The van der Waals surface area contributed by atoms with Gasteiger partial charge in [0.2, 0.25) is 0 Å². The molecule has 0 radical (unpaired) electrons. The minimum atomic E-state index is -0.173. The van der Waals surface area contributed by atoms with Gasteiger partial charge in [0.15, 0.2) is 0 Å². The van der Waals surface area contributed by atoms with Gasteiger partial charge in [-0.3, -0.25) is 0 Å². The monoisotopic (exact) mass is 248 g/mol. The van der Waals surface area contributed by atoms with Crippen LogP contribution < -0.4 is 4.90 Å². The van der Waals surface area contributed by atoms with E-state index in [0.717, 1.165) is 24.2 Å². The molecule has 0 saturated carbocycles. The third-order valence-corrected chi connectivity index (χ3v) is 3.77. The maximum atomic E-state index is 9.53. The number of hydrogen-bond acceptors (Lipinski definition) is 2. The van der Waals surface area contributed by atoms with Crippen molar-refractivity contribution >= 4 is 5.69 Å². The van der Waals surface area contributed by atoms with Crippen LogP contribution in [0.4, 0.5) is 5.69 Å². The van der Waals surface area contributed by atoms with E-state index in [1.807, 2.05) is 6.07 Å². The fourth-order valence-corrected chi connectivity index (χ4v) is 2.72. The smallest absolute Gasteiger partial charge is 0.142 e. The first-order chi connectivity index (χ1) is 9.29. The van der Waals surface area contributed by atoms with Crippen molar-refractivity contribution < 1.29 is 0 Å². The van der Waals surface area contributed by atoms with Crippen molar-refractivity contribution in [2.45, 2.75) is 19.4 Å². The molecule has 94 valence electrons. The van der Waals surface area contributed by atoms with Crippen LogP contribution in [-0.2, 0) is 6.42 Å². The van der Waals surface area contributed by atoms with E-state index in [1.165, 1.54) is 11.1 Å². The molecule has 1 unspecified atom stereocenters. The molecular formula is C17H16N2. The van der Waals surface area contributed by atoms with Crippen LogP contribution in [0.25, 0.3) is 0 Å². The van der Waals surface area contributed by atoms with Crippen LogP contribution in [0.5, 0.6) is 0 Å². The molecule has 1 aliphatic rings. The molecular weight excluding hydrogens is 232 g/mol. The minimum Gasteiger partial charge on any atom is -0.352 e. The third-order valence-electron chi connectivity index (χ3n) is 3.77. The molecule has 2 heteroatoms. The molecule has 1 aliphatic heterocycles. The van der Waals surface area contributed by atoms with Crippen molar-refractivity contribution in [1.29, 1.82) is 5.26 Å². The third kappa shape index (κ3) is 2.08. The second-order valence-electron chi connectivity index (χ2n) is 5.01. The Labute approximate surface area is 113 Å². The molecule has 0 amide bonds. The summed E-state index contributed by atoms with van der Waals surface area (Å²) in [7, 11) is 0. The van der Waals surface area contributed by atoms with Crippen molar-refractivity contribution in [3.8, 4) is 6.07 Å². The molecule has 0 N–H and O–H groups in total. The highest BCUT2D eigenvalue weighted by Gasteiger charge is 2.26. The summed E-state index contributed by atoms with van der Waals surface area (Å²) in [6.45, 7) is 2.98. The Kier molecular flexibility index (Phi) is 2.97. The van der Waals surface area contributed by atoms with Gasteiger partial charge in [-0.25, -0.2) is 0 Å². The Hall–Kier alpha value is -2.27. The summed E-state index contributed by atoms with van der Waals surface area (Å²) in [5.74, 6) is 0. The molecule has 1 atom stereocenters. The van der Waals surface area contributed by atoms with E-state index < -0.39 is 0 Å². The number of anilines is 1. The van der Waals surface area contributed by atoms with Crippen molar-refractivity contribution in [3.63, 3.8) is 0 Å². The summed E-state index contributed by atoms with van der Waals surface area (Å²) in [6, 6.07) is 19.0. The van der Waals surface area contributed by atoms with Crippen molar-refractivity contribution in [2.24, 2.45) is 0 Å². The van der Waals surface area contributed by atoms with Crippen LogP contribution in [0.3, 0.4) is 0 Å². The molecule has 0 aromatic heterocycles. The Balaban J connectivity index is 2.01. The summed E-state index contributed by atoms with van der Waals surface area (Å²) in [5, 5.41) is 9.53. The van der Waals surface area contributed by atoms with Gasteiger partial charge in [-0.1, -0.05) is 42.0 Å². The summed E-state index contributed by atoms with van der Waals surface area (Å²) in [4.78, 5) is 2.20. The molecule has 2 aromatic rings. The number of nitriles is 1. The van der Waals surface area contributed by atoms with Gasteiger partial charge in [-0.2, -0.15) is 5.26 Å². The van der Waals surface area contributed by atoms with Crippen LogP contribution in [0.1, 0.15) is 22.7 Å². The maximum absolute atomic E-state index is 9.53. The average molecular weight is 248 g/mol. The molecule has 2 aromatic carbocycles.